The first-order chi connectivity index (χ1) is 15.0. The average Bonchev–Trinajstić information content (AvgIpc) is 3.37. The lowest BCUT2D eigenvalue weighted by molar-refractivity contribution is -0.157. The van der Waals surface area contributed by atoms with Crippen molar-refractivity contribution in [1.82, 2.24) is 9.55 Å². The second kappa shape index (κ2) is 5.63. The number of rotatable bonds is 0. The number of nitrogens with two attached hydrogens (primary N) is 1. The summed E-state index contributed by atoms with van der Waals surface area (Å²) in [7, 11) is 0. The molecule has 0 radical (unpaired) electrons. The Morgan fingerprint density at radius 2 is 2.00 bits per heavy atom. The zero-order chi connectivity index (χ0) is 21.0. The van der Waals surface area contributed by atoms with Gasteiger partial charge in [-0.3, -0.25) is 4.79 Å². The van der Waals surface area contributed by atoms with E-state index in [1.165, 1.54) is 0 Å². The summed E-state index contributed by atoms with van der Waals surface area (Å²) in [4.78, 5) is 30.0. The molecule has 156 valence electrons. The van der Waals surface area contributed by atoms with Crippen molar-refractivity contribution in [2.45, 2.75) is 38.1 Å². The van der Waals surface area contributed by atoms with E-state index in [9.17, 15) is 14.7 Å². The lowest BCUT2D eigenvalue weighted by Gasteiger charge is -2.26. The number of hydrogen-bond donors (Lipinski definition) is 2. The number of aliphatic hydroxyl groups excluding tert-OH is 1. The summed E-state index contributed by atoms with van der Waals surface area (Å²) in [5, 5.41) is 11.3. The summed E-state index contributed by atoms with van der Waals surface area (Å²) < 4.78 is 17.9. The number of benzene rings is 1. The van der Waals surface area contributed by atoms with Gasteiger partial charge in [-0.25, -0.2) is 9.78 Å². The number of fused-ring (bicyclic) bond motifs is 7. The van der Waals surface area contributed by atoms with Gasteiger partial charge >= 0.3 is 5.97 Å². The van der Waals surface area contributed by atoms with Crippen LogP contribution in [0.25, 0.3) is 22.3 Å². The number of esters is 1. The Bertz CT molecular complexity index is 1430. The molecule has 2 aromatic heterocycles. The van der Waals surface area contributed by atoms with E-state index in [0.29, 0.717) is 29.2 Å². The van der Waals surface area contributed by atoms with E-state index in [4.69, 9.17) is 24.9 Å². The molecule has 0 bridgehead atoms. The number of pyridine rings is 2. The molecule has 0 spiro atoms. The van der Waals surface area contributed by atoms with Crippen molar-refractivity contribution in [1.29, 1.82) is 0 Å². The maximum Gasteiger partial charge on any atom is 0.340 e. The van der Waals surface area contributed by atoms with Crippen LogP contribution in [-0.2, 0) is 29.1 Å². The maximum atomic E-state index is 13.2. The van der Waals surface area contributed by atoms with Gasteiger partial charge in [0.15, 0.2) is 17.6 Å². The van der Waals surface area contributed by atoms with Crippen molar-refractivity contribution >= 4 is 16.9 Å². The number of hydrogen-bond acceptors (Lipinski definition) is 8. The van der Waals surface area contributed by atoms with E-state index in [2.05, 4.69) is 0 Å². The molecule has 1 aromatic carbocycles. The van der Waals surface area contributed by atoms with Crippen LogP contribution in [0, 0.1) is 0 Å². The number of aryl methyl sites for hydroxylation is 1. The number of aliphatic hydroxyl groups is 1. The van der Waals surface area contributed by atoms with Crippen molar-refractivity contribution in [2.75, 3.05) is 6.79 Å². The molecule has 1 unspecified atom stereocenters. The summed E-state index contributed by atoms with van der Waals surface area (Å²) in [5.41, 5.74) is 11.8. The molecule has 4 aliphatic rings. The molecular weight excluding hydrogens is 402 g/mol. The van der Waals surface area contributed by atoms with E-state index in [0.717, 1.165) is 46.2 Å². The minimum Gasteiger partial charge on any atom is -0.458 e. The van der Waals surface area contributed by atoms with Crippen molar-refractivity contribution in [2.24, 2.45) is 5.73 Å². The van der Waals surface area contributed by atoms with Gasteiger partial charge in [-0.2, -0.15) is 0 Å². The molecule has 0 saturated heterocycles. The number of aromatic nitrogens is 2. The van der Waals surface area contributed by atoms with E-state index in [-0.39, 0.29) is 30.6 Å². The summed E-state index contributed by atoms with van der Waals surface area (Å²) >= 11 is 0. The highest BCUT2D eigenvalue weighted by Gasteiger charge is 2.37. The van der Waals surface area contributed by atoms with Crippen LogP contribution in [0.5, 0.6) is 11.5 Å². The fraction of sp³-hybridized carbons (Fsp3) is 0.318. The zero-order valence-electron chi connectivity index (χ0n) is 16.3. The number of nitrogens with zero attached hydrogens (tertiary/aromatic N) is 2. The molecule has 0 amide bonds. The lowest BCUT2D eigenvalue weighted by atomic mass is 9.83. The Morgan fingerprint density at radius 3 is 2.87 bits per heavy atom. The largest absolute Gasteiger partial charge is 0.458 e. The number of ether oxygens (including phenoxy) is 3. The minimum atomic E-state index is -1.48. The zero-order valence-corrected chi connectivity index (χ0v) is 16.3. The van der Waals surface area contributed by atoms with Gasteiger partial charge in [-0.05, 0) is 24.5 Å². The molecule has 3 N–H and O–H groups in total. The van der Waals surface area contributed by atoms with Gasteiger partial charge in [-0.1, -0.05) is 0 Å². The third-order valence-corrected chi connectivity index (χ3v) is 6.80. The lowest BCUT2D eigenvalue weighted by Crippen LogP contribution is -2.32. The second-order valence-electron chi connectivity index (χ2n) is 8.35. The van der Waals surface area contributed by atoms with E-state index < -0.39 is 12.1 Å². The van der Waals surface area contributed by atoms with Crippen LogP contribution in [0.3, 0.4) is 0 Å². The van der Waals surface area contributed by atoms with E-state index in [1.807, 2.05) is 6.07 Å². The number of carbonyl (C=O) groups excluding carboxylic acids is 1. The smallest absolute Gasteiger partial charge is 0.340 e. The Hall–Kier alpha value is -3.43. The highest BCUT2D eigenvalue weighted by molar-refractivity contribution is 5.95. The predicted octanol–water partition coefficient (Wildman–Crippen LogP) is 1.19. The molecule has 9 heteroatoms. The molecule has 1 aliphatic carbocycles. The standard InChI is InChI=1S/C22H17N3O6/c23-12-2-1-8-17-13(4-15-20(8)31-7-30-15)24-18-10(16(12)17)5-25-14(18)3-9-11(21(25)27)6-29-22(28)19(9)26/h3-4,12,19,26H,1-2,5-7,23H2/t12?,19-/m0/s1. The Labute approximate surface area is 175 Å². The molecule has 9 nitrogen and oxygen atoms in total. The van der Waals surface area contributed by atoms with Crippen LogP contribution in [0.2, 0.25) is 0 Å². The van der Waals surface area contributed by atoms with Crippen LogP contribution in [0.15, 0.2) is 16.9 Å². The van der Waals surface area contributed by atoms with E-state index in [1.54, 1.807) is 10.6 Å². The van der Waals surface area contributed by atoms with Crippen LogP contribution in [0.1, 0.15) is 46.4 Å². The Kier molecular flexibility index (Phi) is 3.13. The van der Waals surface area contributed by atoms with Gasteiger partial charge in [0.05, 0.1) is 29.0 Å². The highest BCUT2D eigenvalue weighted by Crippen LogP contribution is 2.49. The van der Waals surface area contributed by atoms with Gasteiger partial charge in [0.2, 0.25) is 6.79 Å². The first kappa shape index (κ1) is 17.3. The van der Waals surface area contributed by atoms with Gasteiger partial charge in [0.1, 0.15) is 6.61 Å². The number of cyclic esters (lactones) is 1. The molecule has 3 aliphatic heterocycles. The molecule has 2 atom stereocenters. The SMILES string of the molecule is NC1CCc2c3c(cc4nc5c(c1c24)Cn1c-5cc2c(c1=O)COC(=O)[C@H]2O)OCO3. The quantitative estimate of drug-likeness (QED) is 0.407. The van der Waals surface area contributed by atoms with Crippen molar-refractivity contribution in [3.63, 3.8) is 0 Å². The fourth-order valence-electron chi connectivity index (χ4n) is 5.37. The molecule has 5 heterocycles. The molecule has 7 rings (SSSR count). The van der Waals surface area contributed by atoms with Crippen molar-refractivity contribution < 1.29 is 24.1 Å². The monoisotopic (exact) mass is 419 g/mol. The number of carbonyl (C=O) groups is 1. The predicted molar refractivity (Wildman–Crippen MR) is 107 cm³/mol. The van der Waals surface area contributed by atoms with Gasteiger partial charge < -0.3 is 29.6 Å². The summed E-state index contributed by atoms with van der Waals surface area (Å²) in [6.07, 6.45) is 0.0407. The van der Waals surface area contributed by atoms with Gasteiger partial charge in [0.25, 0.3) is 5.56 Å². The van der Waals surface area contributed by atoms with Crippen LogP contribution in [-0.4, -0.2) is 27.4 Å². The normalized spacial score (nSPS) is 22.2. The Morgan fingerprint density at radius 1 is 1.13 bits per heavy atom. The van der Waals surface area contributed by atoms with Gasteiger partial charge in [0, 0.05) is 34.2 Å². The Balaban J connectivity index is 1.56. The molecule has 3 aromatic rings. The molecule has 0 saturated carbocycles. The van der Waals surface area contributed by atoms with Gasteiger partial charge in [-0.15, -0.1) is 0 Å². The first-order valence-corrected chi connectivity index (χ1v) is 10.2. The van der Waals surface area contributed by atoms with Crippen LogP contribution in [0.4, 0.5) is 0 Å². The van der Waals surface area contributed by atoms with Crippen LogP contribution < -0.4 is 20.8 Å². The first-order valence-electron chi connectivity index (χ1n) is 10.2. The average molecular weight is 419 g/mol. The second-order valence-corrected chi connectivity index (χ2v) is 8.35. The van der Waals surface area contributed by atoms with Crippen molar-refractivity contribution in [3.8, 4) is 22.9 Å². The van der Waals surface area contributed by atoms with Crippen molar-refractivity contribution in [3.05, 3.63) is 50.3 Å². The third kappa shape index (κ3) is 2.04. The van der Waals surface area contributed by atoms with Crippen LogP contribution >= 0.6 is 0 Å². The molecular formula is C22H17N3O6. The highest BCUT2D eigenvalue weighted by atomic mass is 16.7. The summed E-state index contributed by atoms with van der Waals surface area (Å²) in [6.45, 7) is 0.368. The summed E-state index contributed by atoms with van der Waals surface area (Å²) in [5.74, 6) is 0.663. The topological polar surface area (TPSA) is 126 Å². The maximum absolute atomic E-state index is 13.2. The summed E-state index contributed by atoms with van der Waals surface area (Å²) in [6, 6.07) is 3.35. The molecule has 31 heavy (non-hydrogen) atoms. The third-order valence-electron chi connectivity index (χ3n) is 6.80. The van der Waals surface area contributed by atoms with E-state index >= 15 is 0 Å². The fourth-order valence-corrected chi connectivity index (χ4v) is 5.37. The minimum absolute atomic E-state index is 0.145. The molecule has 0 fully saturated rings.